The fraction of sp³-hybridized carbons (Fsp3) is 0.200. The predicted octanol–water partition coefficient (Wildman–Crippen LogP) is 4.97. The fourth-order valence-corrected chi connectivity index (χ4v) is 4.42. The van der Waals surface area contributed by atoms with Crippen LogP contribution < -0.4 is 14.2 Å². The largest absolute Gasteiger partial charge is 0.484 e. The summed E-state index contributed by atoms with van der Waals surface area (Å²) in [6.45, 7) is 0.256. The van der Waals surface area contributed by atoms with Gasteiger partial charge in [-0.3, -0.25) is 0 Å². The van der Waals surface area contributed by atoms with Gasteiger partial charge in [0.1, 0.15) is 11.9 Å². The molecule has 0 bridgehead atoms. The van der Waals surface area contributed by atoms with E-state index < -0.39 is 0 Å². The van der Waals surface area contributed by atoms with Gasteiger partial charge in [-0.05, 0) is 29.3 Å². The Bertz CT molecular complexity index is 735. The van der Waals surface area contributed by atoms with Crippen LogP contribution in [-0.4, -0.2) is 6.79 Å². The molecule has 2 aliphatic rings. The Hall–Kier alpha value is -0.760. The van der Waals surface area contributed by atoms with Crippen molar-refractivity contribution in [3.05, 3.63) is 41.5 Å². The van der Waals surface area contributed by atoms with Crippen LogP contribution in [0.15, 0.2) is 40.1 Å². The maximum atomic E-state index is 6.17. The second-order valence-electron chi connectivity index (χ2n) is 4.99. The molecule has 1 unspecified atom stereocenters. The number of hydrogen-bond acceptors (Lipinski definition) is 7. The summed E-state index contributed by atoms with van der Waals surface area (Å²) in [4.78, 5) is 2.00. The summed E-state index contributed by atoms with van der Waals surface area (Å²) in [6, 6.07) is 10.2. The standard InChI is InChI=1S/C15H12O3S4/c19-21-12-3-1-2-8-4-10(18-14(8)12)9-5-11-15(17-7-16-11)13(6-9)22-20/h1-3,5-6,10,19-20H,4,7H2. The van der Waals surface area contributed by atoms with Crippen molar-refractivity contribution in [3.8, 4) is 17.2 Å². The third kappa shape index (κ3) is 2.44. The molecule has 0 N–H and O–H groups in total. The molecule has 7 heteroatoms. The second-order valence-corrected chi connectivity index (χ2v) is 7.33. The Morgan fingerprint density at radius 3 is 2.68 bits per heavy atom. The number of thiol groups is 2. The molecule has 1 atom stereocenters. The Kier molecular flexibility index (Phi) is 4.06. The molecule has 0 amide bonds. The lowest BCUT2D eigenvalue weighted by molar-refractivity contribution is 0.172. The van der Waals surface area contributed by atoms with Gasteiger partial charge in [-0.25, -0.2) is 0 Å². The number of rotatable bonds is 3. The summed E-state index contributed by atoms with van der Waals surface area (Å²) in [5.74, 6) is 2.47. The molecule has 2 aromatic rings. The molecule has 114 valence electrons. The molecule has 2 aliphatic heterocycles. The van der Waals surface area contributed by atoms with Crippen LogP contribution in [0.1, 0.15) is 17.2 Å². The molecule has 2 aromatic carbocycles. The number of benzene rings is 2. The molecule has 4 rings (SSSR count). The third-order valence-electron chi connectivity index (χ3n) is 3.76. The van der Waals surface area contributed by atoms with Crippen molar-refractivity contribution in [1.82, 2.24) is 0 Å². The highest BCUT2D eigenvalue weighted by molar-refractivity contribution is 8.68. The summed E-state index contributed by atoms with van der Waals surface area (Å²) in [6.07, 6.45) is 0.818. The van der Waals surface area contributed by atoms with Gasteiger partial charge in [0.25, 0.3) is 0 Å². The molecule has 0 saturated carbocycles. The van der Waals surface area contributed by atoms with Crippen molar-refractivity contribution in [2.45, 2.75) is 22.3 Å². The zero-order chi connectivity index (χ0) is 15.1. The number of hydrogen-bond donors (Lipinski definition) is 2. The fourth-order valence-electron chi connectivity index (χ4n) is 2.75. The number of ether oxygens (including phenoxy) is 3. The maximum absolute atomic E-state index is 6.17. The first-order chi connectivity index (χ1) is 10.8. The zero-order valence-corrected chi connectivity index (χ0v) is 14.7. The van der Waals surface area contributed by atoms with Crippen LogP contribution in [0.25, 0.3) is 0 Å². The van der Waals surface area contributed by atoms with E-state index >= 15 is 0 Å². The predicted molar refractivity (Wildman–Crippen MR) is 95.8 cm³/mol. The van der Waals surface area contributed by atoms with Crippen molar-refractivity contribution in [3.63, 3.8) is 0 Å². The summed E-state index contributed by atoms with van der Waals surface area (Å²) < 4.78 is 17.2. The molecular weight excluding hydrogens is 356 g/mol. The van der Waals surface area contributed by atoms with E-state index in [1.165, 1.54) is 27.2 Å². The maximum Gasteiger partial charge on any atom is 0.231 e. The summed E-state index contributed by atoms with van der Waals surface area (Å²) in [5, 5.41) is 0. The Morgan fingerprint density at radius 1 is 1.00 bits per heavy atom. The molecule has 3 nitrogen and oxygen atoms in total. The Labute approximate surface area is 146 Å². The quantitative estimate of drug-likeness (QED) is 0.590. The van der Waals surface area contributed by atoms with Crippen LogP contribution in [0, 0.1) is 0 Å². The average molecular weight is 369 g/mol. The van der Waals surface area contributed by atoms with Crippen molar-refractivity contribution >= 4 is 44.9 Å². The van der Waals surface area contributed by atoms with Gasteiger partial charge in [0, 0.05) is 6.42 Å². The van der Waals surface area contributed by atoms with E-state index in [4.69, 9.17) is 14.2 Å². The van der Waals surface area contributed by atoms with E-state index in [9.17, 15) is 0 Å². The minimum absolute atomic E-state index is 0.0228. The minimum atomic E-state index is -0.0228. The minimum Gasteiger partial charge on any atom is -0.484 e. The molecular formula is C15H12O3S4. The molecule has 22 heavy (non-hydrogen) atoms. The zero-order valence-electron chi connectivity index (χ0n) is 11.3. The molecule has 0 spiro atoms. The molecule has 0 aromatic heterocycles. The van der Waals surface area contributed by atoms with E-state index in [2.05, 4.69) is 35.5 Å². The Morgan fingerprint density at radius 2 is 1.86 bits per heavy atom. The summed E-state index contributed by atoms with van der Waals surface area (Å²) >= 11 is 8.60. The van der Waals surface area contributed by atoms with Gasteiger partial charge in [-0.2, -0.15) is 0 Å². The van der Waals surface area contributed by atoms with Gasteiger partial charge < -0.3 is 14.2 Å². The van der Waals surface area contributed by atoms with Crippen molar-refractivity contribution < 1.29 is 14.2 Å². The third-order valence-corrected chi connectivity index (χ3v) is 5.95. The van der Waals surface area contributed by atoms with Crippen molar-refractivity contribution in [1.29, 1.82) is 0 Å². The summed E-state index contributed by atoms with van der Waals surface area (Å²) in [7, 11) is 2.76. The number of fused-ring (bicyclic) bond motifs is 2. The van der Waals surface area contributed by atoms with E-state index in [0.717, 1.165) is 39.0 Å². The van der Waals surface area contributed by atoms with Gasteiger partial charge in [0.2, 0.25) is 6.79 Å². The normalized spacial score (nSPS) is 18.2. The van der Waals surface area contributed by atoms with Crippen LogP contribution >= 0.6 is 44.9 Å². The van der Waals surface area contributed by atoms with Gasteiger partial charge in [-0.15, -0.1) is 23.3 Å². The highest BCUT2D eigenvalue weighted by Gasteiger charge is 2.29. The van der Waals surface area contributed by atoms with Crippen LogP contribution in [0.3, 0.4) is 0 Å². The van der Waals surface area contributed by atoms with Crippen molar-refractivity contribution in [2.24, 2.45) is 0 Å². The lowest BCUT2D eigenvalue weighted by atomic mass is 10.0. The first-order valence-corrected chi connectivity index (χ1v) is 10.4. The van der Waals surface area contributed by atoms with Gasteiger partial charge in [-0.1, -0.05) is 33.7 Å². The highest BCUT2D eigenvalue weighted by atomic mass is 33.1. The second kappa shape index (κ2) is 6.03. The van der Waals surface area contributed by atoms with E-state index in [-0.39, 0.29) is 12.9 Å². The molecule has 0 saturated heterocycles. The smallest absolute Gasteiger partial charge is 0.231 e. The van der Waals surface area contributed by atoms with Crippen LogP contribution in [0.5, 0.6) is 17.2 Å². The topological polar surface area (TPSA) is 27.7 Å². The average Bonchev–Trinajstić information content (AvgIpc) is 3.19. The highest BCUT2D eigenvalue weighted by Crippen LogP contribution is 2.48. The number of para-hydroxylation sites is 1. The first-order valence-electron chi connectivity index (χ1n) is 6.65. The molecule has 0 fully saturated rings. The van der Waals surface area contributed by atoms with E-state index in [1.807, 2.05) is 18.2 Å². The van der Waals surface area contributed by atoms with Crippen LogP contribution in [-0.2, 0) is 6.42 Å². The Balaban J connectivity index is 1.70. The summed E-state index contributed by atoms with van der Waals surface area (Å²) in [5.41, 5.74) is 2.29. The van der Waals surface area contributed by atoms with E-state index in [1.54, 1.807) is 0 Å². The van der Waals surface area contributed by atoms with Crippen molar-refractivity contribution in [2.75, 3.05) is 6.79 Å². The van der Waals surface area contributed by atoms with Gasteiger partial charge in [0.15, 0.2) is 11.5 Å². The SMILES string of the molecule is SSc1cccc2c1OC(c1cc3c(c(SS)c1)OCO3)C2. The van der Waals surface area contributed by atoms with Crippen LogP contribution in [0.2, 0.25) is 0 Å². The molecule has 0 radical (unpaired) electrons. The molecule has 2 heterocycles. The van der Waals surface area contributed by atoms with Gasteiger partial charge in [0.05, 0.1) is 9.79 Å². The monoisotopic (exact) mass is 368 g/mol. The first kappa shape index (κ1) is 14.8. The van der Waals surface area contributed by atoms with Gasteiger partial charge >= 0.3 is 0 Å². The lowest BCUT2D eigenvalue weighted by Crippen LogP contribution is -2.03. The van der Waals surface area contributed by atoms with E-state index in [0.29, 0.717) is 0 Å². The lowest BCUT2D eigenvalue weighted by Gasteiger charge is -2.14. The molecule has 0 aliphatic carbocycles. The van der Waals surface area contributed by atoms with Crippen LogP contribution in [0.4, 0.5) is 0 Å².